The van der Waals surface area contributed by atoms with E-state index in [9.17, 15) is 9.59 Å². The van der Waals surface area contributed by atoms with Crippen LogP contribution in [0.2, 0.25) is 0 Å². The van der Waals surface area contributed by atoms with Gasteiger partial charge in [0, 0.05) is 6.42 Å². The Hall–Kier alpha value is -2.70. The highest BCUT2D eigenvalue weighted by Crippen LogP contribution is 2.22. The van der Waals surface area contributed by atoms with E-state index in [4.69, 9.17) is 19.6 Å². The highest BCUT2D eigenvalue weighted by molar-refractivity contribution is 5.93. The SMILES string of the molecule is [CH2]CCC[C](OOC(=O)c1c(C)cc(C)cc1C)OOC(=O)c1c(C)cc(C)cc1C. The van der Waals surface area contributed by atoms with Crippen LogP contribution in [0.25, 0.3) is 0 Å². The summed E-state index contributed by atoms with van der Waals surface area (Å²) < 4.78 is 0. The van der Waals surface area contributed by atoms with E-state index in [1.807, 2.05) is 65.8 Å². The zero-order chi connectivity index (χ0) is 23.1. The molecule has 31 heavy (non-hydrogen) atoms. The molecule has 0 bridgehead atoms. The number of carbonyl (C=O) groups excluding carboxylic acids is 2. The first kappa shape index (κ1) is 24.6. The number of carbonyl (C=O) groups is 2. The molecule has 6 heteroatoms. The highest BCUT2D eigenvalue weighted by atomic mass is 17.3. The second-order valence-corrected chi connectivity index (χ2v) is 7.78. The van der Waals surface area contributed by atoms with Crippen LogP contribution >= 0.6 is 0 Å². The largest absolute Gasteiger partial charge is 0.373 e. The van der Waals surface area contributed by atoms with Crippen LogP contribution in [-0.4, -0.2) is 11.9 Å². The molecule has 0 aliphatic heterocycles. The van der Waals surface area contributed by atoms with Gasteiger partial charge in [0.05, 0.1) is 11.1 Å². The number of hydrogen-bond acceptors (Lipinski definition) is 6. The summed E-state index contributed by atoms with van der Waals surface area (Å²) >= 11 is 0. The second-order valence-electron chi connectivity index (χ2n) is 7.78. The van der Waals surface area contributed by atoms with E-state index in [1.54, 1.807) is 0 Å². The van der Waals surface area contributed by atoms with Gasteiger partial charge in [-0.3, -0.25) is 9.78 Å². The first-order valence-corrected chi connectivity index (χ1v) is 10.2. The Morgan fingerprint density at radius 2 is 1.03 bits per heavy atom. The van der Waals surface area contributed by atoms with Crippen LogP contribution in [0, 0.1) is 54.8 Å². The standard InChI is InChI=1S/C25H30O6/c1-8-9-10-21(28-30-24(26)22-17(4)11-15(2)12-18(22)5)29-31-25(27)23-19(6)13-16(3)14-20(23)7/h11-14H,1,8-10H2,2-7H3. The van der Waals surface area contributed by atoms with Gasteiger partial charge in [-0.2, -0.15) is 0 Å². The van der Waals surface area contributed by atoms with Gasteiger partial charge >= 0.3 is 18.2 Å². The molecule has 0 spiro atoms. The minimum Gasteiger partial charge on any atom is -0.289 e. The molecular formula is C25H30O6. The van der Waals surface area contributed by atoms with Gasteiger partial charge in [0.25, 0.3) is 0 Å². The third-order valence-corrected chi connectivity index (χ3v) is 4.81. The first-order valence-electron chi connectivity index (χ1n) is 10.2. The molecule has 0 aliphatic rings. The molecular weight excluding hydrogens is 396 g/mol. The summed E-state index contributed by atoms with van der Waals surface area (Å²) in [6.07, 6.45) is 1.32. The van der Waals surface area contributed by atoms with Crippen molar-refractivity contribution in [2.75, 3.05) is 0 Å². The average molecular weight is 427 g/mol. The number of unbranched alkanes of at least 4 members (excludes halogenated alkanes) is 1. The Morgan fingerprint density at radius 1 is 0.677 bits per heavy atom. The van der Waals surface area contributed by atoms with E-state index in [0.717, 1.165) is 33.4 Å². The zero-order valence-corrected chi connectivity index (χ0v) is 19.1. The van der Waals surface area contributed by atoms with Gasteiger partial charge in [0.2, 0.25) is 0 Å². The summed E-state index contributed by atoms with van der Waals surface area (Å²) in [6.45, 7) is 15.0. The predicted molar refractivity (Wildman–Crippen MR) is 117 cm³/mol. The summed E-state index contributed by atoms with van der Waals surface area (Å²) in [6, 6.07) is 7.56. The average Bonchev–Trinajstić information content (AvgIpc) is 2.65. The summed E-state index contributed by atoms with van der Waals surface area (Å²) in [4.78, 5) is 45.2. The van der Waals surface area contributed by atoms with Gasteiger partial charge in [-0.05, 0) is 70.2 Å². The lowest BCUT2D eigenvalue weighted by Gasteiger charge is -2.15. The van der Waals surface area contributed by atoms with Crippen molar-refractivity contribution in [2.45, 2.75) is 60.8 Å². The van der Waals surface area contributed by atoms with Crippen LogP contribution in [0.5, 0.6) is 0 Å². The normalized spacial score (nSPS) is 11.0. The molecule has 2 rings (SSSR count). The summed E-state index contributed by atoms with van der Waals surface area (Å²) in [5.41, 5.74) is 6.06. The minimum absolute atomic E-state index is 0.129. The fraction of sp³-hybridized carbons (Fsp3) is 0.360. The summed E-state index contributed by atoms with van der Waals surface area (Å²) in [5.74, 6) is -1.30. The summed E-state index contributed by atoms with van der Waals surface area (Å²) in [7, 11) is 0. The van der Waals surface area contributed by atoms with E-state index in [2.05, 4.69) is 6.92 Å². The Bertz CT molecular complexity index is 828. The van der Waals surface area contributed by atoms with Crippen molar-refractivity contribution in [3.05, 3.63) is 82.0 Å². The fourth-order valence-electron chi connectivity index (χ4n) is 3.62. The van der Waals surface area contributed by atoms with Crippen molar-refractivity contribution < 1.29 is 29.1 Å². The Kier molecular flexibility index (Phi) is 8.77. The van der Waals surface area contributed by atoms with Crippen molar-refractivity contribution in [1.82, 2.24) is 0 Å². The van der Waals surface area contributed by atoms with Crippen molar-refractivity contribution in [2.24, 2.45) is 0 Å². The maximum Gasteiger partial charge on any atom is 0.373 e. The first-order chi connectivity index (χ1) is 14.6. The van der Waals surface area contributed by atoms with Gasteiger partial charge in [0.1, 0.15) is 0 Å². The maximum absolute atomic E-state index is 12.5. The number of rotatable bonds is 9. The van der Waals surface area contributed by atoms with Crippen LogP contribution in [0.3, 0.4) is 0 Å². The zero-order valence-electron chi connectivity index (χ0n) is 19.1. The topological polar surface area (TPSA) is 71.1 Å². The van der Waals surface area contributed by atoms with Crippen molar-refractivity contribution in [3.63, 3.8) is 0 Å². The summed E-state index contributed by atoms with van der Waals surface area (Å²) in [5, 5.41) is 0. The second kappa shape index (κ2) is 11.1. The lowest BCUT2D eigenvalue weighted by molar-refractivity contribution is -0.363. The molecule has 166 valence electrons. The maximum atomic E-state index is 12.5. The van der Waals surface area contributed by atoms with Gasteiger partial charge in [0.15, 0.2) is 0 Å². The van der Waals surface area contributed by atoms with Crippen LogP contribution in [0.15, 0.2) is 24.3 Å². The van der Waals surface area contributed by atoms with Crippen LogP contribution in [0.1, 0.15) is 73.4 Å². The molecule has 0 aliphatic carbocycles. The monoisotopic (exact) mass is 426 g/mol. The lowest BCUT2D eigenvalue weighted by atomic mass is 10.0. The Balaban J connectivity index is 2.04. The minimum atomic E-state index is -0.651. The lowest BCUT2D eigenvalue weighted by Crippen LogP contribution is -2.18. The Labute approximate surface area is 184 Å². The van der Waals surface area contributed by atoms with Gasteiger partial charge < -0.3 is 0 Å². The van der Waals surface area contributed by atoms with E-state index in [-0.39, 0.29) is 12.7 Å². The molecule has 0 atom stereocenters. The van der Waals surface area contributed by atoms with Crippen LogP contribution < -0.4 is 0 Å². The molecule has 0 fully saturated rings. The number of hydrogen-bond donors (Lipinski definition) is 0. The number of aryl methyl sites for hydroxylation is 6. The fourth-order valence-corrected chi connectivity index (χ4v) is 3.62. The van der Waals surface area contributed by atoms with Gasteiger partial charge in [-0.1, -0.05) is 48.7 Å². The van der Waals surface area contributed by atoms with Gasteiger partial charge in [-0.15, -0.1) is 9.78 Å². The molecule has 6 nitrogen and oxygen atoms in total. The smallest absolute Gasteiger partial charge is 0.289 e. The molecule has 2 radical (unpaired) electrons. The molecule has 0 N–H and O–H groups in total. The van der Waals surface area contributed by atoms with Crippen LogP contribution in [-0.2, 0) is 19.6 Å². The van der Waals surface area contributed by atoms with E-state index < -0.39 is 11.9 Å². The predicted octanol–water partition coefficient (Wildman–Crippen LogP) is 5.91. The Morgan fingerprint density at radius 3 is 1.35 bits per heavy atom. The quantitative estimate of drug-likeness (QED) is 0.367. The molecule has 0 unspecified atom stereocenters. The van der Waals surface area contributed by atoms with E-state index in [0.29, 0.717) is 24.0 Å². The van der Waals surface area contributed by atoms with Gasteiger partial charge in [-0.25, -0.2) is 9.59 Å². The molecule has 0 heterocycles. The molecule has 2 aromatic rings. The molecule has 0 saturated carbocycles. The van der Waals surface area contributed by atoms with Crippen molar-refractivity contribution in [3.8, 4) is 0 Å². The molecule has 2 aromatic carbocycles. The van der Waals surface area contributed by atoms with Crippen LogP contribution in [0.4, 0.5) is 0 Å². The third kappa shape index (κ3) is 6.64. The van der Waals surface area contributed by atoms with E-state index in [1.165, 1.54) is 0 Å². The molecule has 0 aromatic heterocycles. The van der Waals surface area contributed by atoms with E-state index >= 15 is 0 Å². The number of benzene rings is 2. The molecule has 0 amide bonds. The highest BCUT2D eigenvalue weighted by Gasteiger charge is 2.24. The van der Waals surface area contributed by atoms with Crippen molar-refractivity contribution in [1.29, 1.82) is 0 Å². The van der Waals surface area contributed by atoms with Crippen molar-refractivity contribution >= 4 is 11.9 Å². The molecule has 0 saturated heterocycles. The third-order valence-electron chi connectivity index (χ3n) is 4.81.